The van der Waals surface area contributed by atoms with Gasteiger partial charge in [-0.2, -0.15) is 0 Å². The van der Waals surface area contributed by atoms with Crippen LogP contribution in [0.4, 0.5) is 0 Å². The van der Waals surface area contributed by atoms with E-state index in [9.17, 15) is 14.7 Å². The van der Waals surface area contributed by atoms with E-state index < -0.39 is 23.5 Å². The van der Waals surface area contributed by atoms with E-state index in [1.165, 1.54) is 4.90 Å². The SMILES string of the molecule is CC(N1C(=O)[C@@H]2C3c4ccccc4C(c4ccccc43)[C@@H]2C1=O)C(O)(c1ccccc1)c1ccccc1. The van der Waals surface area contributed by atoms with Crippen molar-refractivity contribution in [3.8, 4) is 0 Å². The van der Waals surface area contributed by atoms with Crippen LogP contribution in [-0.4, -0.2) is 27.9 Å². The number of carbonyl (C=O) groups excluding carboxylic acids is 2. The molecule has 0 spiro atoms. The third-order valence-corrected chi connectivity index (χ3v) is 8.90. The van der Waals surface area contributed by atoms with Crippen LogP contribution >= 0.6 is 0 Å². The van der Waals surface area contributed by atoms with E-state index in [-0.39, 0.29) is 23.7 Å². The van der Waals surface area contributed by atoms with Gasteiger partial charge in [-0.3, -0.25) is 14.5 Å². The fourth-order valence-electron chi connectivity index (χ4n) is 7.30. The number of likely N-dealkylation sites (tertiary alicyclic amines) is 1. The Balaban J connectivity index is 1.38. The molecular formula is C33H27NO3. The molecule has 3 atom stereocenters. The van der Waals surface area contributed by atoms with E-state index in [2.05, 4.69) is 24.3 Å². The maximum Gasteiger partial charge on any atom is 0.234 e. The molecule has 3 aliphatic carbocycles. The average Bonchev–Trinajstić information content (AvgIpc) is 3.23. The maximum atomic E-state index is 14.3. The second-order valence-electron chi connectivity index (χ2n) is 10.5. The van der Waals surface area contributed by atoms with E-state index in [4.69, 9.17) is 0 Å². The molecular weight excluding hydrogens is 458 g/mol. The number of hydrogen-bond donors (Lipinski definition) is 1. The quantitative estimate of drug-likeness (QED) is 0.404. The molecule has 0 saturated carbocycles. The molecule has 37 heavy (non-hydrogen) atoms. The van der Waals surface area contributed by atoms with Gasteiger partial charge in [0.1, 0.15) is 5.60 Å². The number of hydrogen-bond acceptors (Lipinski definition) is 3. The van der Waals surface area contributed by atoms with Crippen molar-refractivity contribution in [1.82, 2.24) is 4.90 Å². The summed E-state index contributed by atoms with van der Waals surface area (Å²) in [4.78, 5) is 30.0. The molecule has 0 radical (unpaired) electrons. The molecule has 8 rings (SSSR count). The van der Waals surface area contributed by atoms with Gasteiger partial charge in [0.2, 0.25) is 11.8 Å². The van der Waals surface area contributed by atoms with Crippen molar-refractivity contribution in [3.63, 3.8) is 0 Å². The van der Waals surface area contributed by atoms with Crippen molar-refractivity contribution < 1.29 is 14.7 Å². The lowest BCUT2D eigenvalue weighted by atomic mass is 9.55. The molecule has 1 aliphatic heterocycles. The molecule has 4 aromatic rings. The van der Waals surface area contributed by atoms with E-state index >= 15 is 0 Å². The van der Waals surface area contributed by atoms with Crippen LogP contribution < -0.4 is 0 Å². The highest BCUT2D eigenvalue weighted by atomic mass is 16.3. The fraction of sp³-hybridized carbons (Fsp3) is 0.212. The highest BCUT2D eigenvalue weighted by molar-refractivity contribution is 6.08. The standard InChI is InChI=1S/C33H27NO3/c1-20(33(37,21-12-4-2-5-13-21)22-14-6-3-7-15-22)34-31(35)29-27-23-16-8-9-17-24(23)28(30(29)32(34)36)26-19-11-10-18-25(26)27/h2-20,27-30,37H,1H3/t20?,27?,28?,29-,30+. The molecule has 0 aromatic heterocycles. The molecule has 4 nitrogen and oxygen atoms in total. The zero-order valence-electron chi connectivity index (χ0n) is 20.5. The first-order valence-corrected chi connectivity index (χ1v) is 12.9. The predicted octanol–water partition coefficient (Wildman–Crippen LogP) is 5.20. The number of rotatable bonds is 4. The number of carbonyl (C=O) groups is 2. The number of aliphatic hydroxyl groups is 1. The monoisotopic (exact) mass is 485 g/mol. The molecule has 1 N–H and O–H groups in total. The zero-order valence-corrected chi connectivity index (χ0v) is 20.5. The summed E-state index contributed by atoms with van der Waals surface area (Å²) < 4.78 is 0. The van der Waals surface area contributed by atoms with E-state index in [0.29, 0.717) is 11.1 Å². The van der Waals surface area contributed by atoms with Crippen molar-refractivity contribution in [2.45, 2.75) is 30.4 Å². The van der Waals surface area contributed by atoms with Crippen LogP contribution in [0.25, 0.3) is 0 Å². The molecule has 1 fully saturated rings. The van der Waals surface area contributed by atoms with Gasteiger partial charge in [0, 0.05) is 11.8 Å². The van der Waals surface area contributed by atoms with Crippen molar-refractivity contribution in [1.29, 1.82) is 0 Å². The number of amides is 2. The van der Waals surface area contributed by atoms with Gasteiger partial charge in [0.15, 0.2) is 0 Å². The minimum Gasteiger partial charge on any atom is -0.378 e. The third kappa shape index (κ3) is 2.88. The lowest BCUT2D eigenvalue weighted by Crippen LogP contribution is -2.52. The average molecular weight is 486 g/mol. The van der Waals surface area contributed by atoms with Gasteiger partial charge < -0.3 is 5.11 Å². The van der Waals surface area contributed by atoms with Crippen LogP contribution in [-0.2, 0) is 15.2 Å². The van der Waals surface area contributed by atoms with Gasteiger partial charge >= 0.3 is 0 Å². The Morgan fingerprint density at radius 1 is 0.595 bits per heavy atom. The summed E-state index contributed by atoms with van der Waals surface area (Å²) >= 11 is 0. The predicted molar refractivity (Wildman–Crippen MR) is 141 cm³/mol. The molecule has 4 aromatic carbocycles. The molecule has 1 heterocycles. The van der Waals surface area contributed by atoms with Crippen LogP contribution in [0.3, 0.4) is 0 Å². The zero-order chi connectivity index (χ0) is 25.3. The van der Waals surface area contributed by atoms with Crippen LogP contribution in [0.2, 0.25) is 0 Å². The number of imide groups is 1. The van der Waals surface area contributed by atoms with Crippen LogP contribution in [0.15, 0.2) is 109 Å². The lowest BCUT2D eigenvalue weighted by Gasteiger charge is -2.45. The van der Waals surface area contributed by atoms with Crippen LogP contribution in [0, 0.1) is 11.8 Å². The number of nitrogens with zero attached hydrogens (tertiary/aromatic N) is 1. The minimum atomic E-state index is -1.56. The lowest BCUT2D eigenvalue weighted by molar-refractivity contribution is -0.148. The second-order valence-corrected chi connectivity index (χ2v) is 10.5. The molecule has 1 saturated heterocycles. The Kier molecular flexibility index (Phi) is 4.79. The highest BCUT2D eigenvalue weighted by Crippen LogP contribution is 2.61. The van der Waals surface area contributed by atoms with Gasteiger partial charge in [0.25, 0.3) is 0 Å². The van der Waals surface area contributed by atoms with Gasteiger partial charge in [-0.1, -0.05) is 109 Å². The molecule has 4 heteroatoms. The minimum absolute atomic E-state index is 0.169. The molecule has 4 aliphatic rings. The topological polar surface area (TPSA) is 57.6 Å². The Morgan fingerprint density at radius 3 is 1.27 bits per heavy atom. The van der Waals surface area contributed by atoms with Gasteiger partial charge in [-0.15, -0.1) is 0 Å². The van der Waals surface area contributed by atoms with Crippen molar-refractivity contribution in [3.05, 3.63) is 143 Å². The van der Waals surface area contributed by atoms with Gasteiger partial charge in [0.05, 0.1) is 17.9 Å². The van der Waals surface area contributed by atoms with E-state index in [1.807, 2.05) is 84.9 Å². The maximum absolute atomic E-state index is 14.3. The molecule has 2 bridgehead atoms. The third-order valence-electron chi connectivity index (χ3n) is 8.90. The van der Waals surface area contributed by atoms with Crippen molar-refractivity contribution >= 4 is 11.8 Å². The smallest absolute Gasteiger partial charge is 0.234 e. The summed E-state index contributed by atoms with van der Waals surface area (Å²) in [6, 6.07) is 34.4. The summed E-state index contributed by atoms with van der Waals surface area (Å²) in [5.41, 5.74) is 4.32. The van der Waals surface area contributed by atoms with Crippen LogP contribution in [0.5, 0.6) is 0 Å². The summed E-state index contributed by atoms with van der Waals surface area (Å²) in [5.74, 6) is -1.66. The Morgan fingerprint density at radius 2 is 0.919 bits per heavy atom. The van der Waals surface area contributed by atoms with Crippen molar-refractivity contribution in [2.75, 3.05) is 0 Å². The number of benzene rings is 4. The van der Waals surface area contributed by atoms with Crippen LogP contribution in [0.1, 0.15) is 52.1 Å². The largest absolute Gasteiger partial charge is 0.378 e. The molecule has 1 unspecified atom stereocenters. The first-order chi connectivity index (χ1) is 18.0. The fourth-order valence-corrected chi connectivity index (χ4v) is 7.30. The normalized spacial score (nSPS) is 24.4. The molecule has 2 amide bonds. The summed E-state index contributed by atoms with van der Waals surface area (Å²) in [6.45, 7) is 1.80. The first-order valence-electron chi connectivity index (χ1n) is 12.9. The molecule has 182 valence electrons. The Bertz CT molecular complexity index is 1370. The summed E-state index contributed by atoms with van der Waals surface area (Å²) in [6.07, 6.45) is 0. The summed E-state index contributed by atoms with van der Waals surface area (Å²) in [5, 5.41) is 12.4. The van der Waals surface area contributed by atoms with E-state index in [1.54, 1.807) is 6.92 Å². The highest BCUT2D eigenvalue weighted by Gasteiger charge is 2.63. The Labute approximate surface area is 216 Å². The Hall–Kier alpha value is -4.02. The first kappa shape index (κ1) is 22.2. The summed E-state index contributed by atoms with van der Waals surface area (Å²) in [7, 11) is 0. The second kappa shape index (κ2) is 7.99. The van der Waals surface area contributed by atoms with Gasteiger partial charge in [-0.25, -0.2) is 0 Å². The van der Waals surface area contributed by atoms with Gasteiger partial charge in [-0.05, 0) is 40.3 Å². The van der Waals surface area contributed by atoms with E-state index in [0.717, 1.165) is 22.3 Å². The van der Waals surface area contributed by atoms with Crippen molar-refractivity contribution in [2.24, 2.45) is 11.8 Å².